The van der Waals surface area contributed by atoms with Gasteiger partial charge >= 0.3 is 0 Å². The minimum absolute atomic E-state index is 0.00734. The number of amides is 2. The van der Waals surface area contributed by atoms with Crippen LogP contribution in [-0.4, -0.2) is 70.0 Å². The van der Waals surface area contributed by atoms with Gasteiger partial charge in [-0.25, -0.2) is 0 Å². The highest BCUT2D eigenvalue weighted by Crippen LogP contribution is 2.68. The molecule has 2 amide bonds. The third kappa shape index (κ3) is 2.33. The van der Waals surface area contributed by atoms with Crippen molar-refractivity contribution in [3.8, 4) is 0 Å². The summed E-state index contributed by atoms with van der Waals surface area (Å²) in [5.41, 5.74) is 0.894. The second-order valence-corrected chi connectivity index (χ2v) is 8.71. The number of aromatic nitrogens is 1. The van der Waals surface area contributed by atoms with Crippen LogP contribution in [0.1, 0.15) is 42.5 Å². The zero-order valence-corrected chi connectivity index (χ0v) is 15.6. The third-order valence-electron chi connectivity index (χ3n) is 7.33. The second-order valence-electron chi connectivity index (χ2n) is 8.71. The third-order valence-corrected chi connectivity index (χ3v) is 7.33. The van der Waals surface area contributed by atoms with Crippen molar-refractivity contribution in [1.29, 1.82) is 0 Å². The molecule has 4 fully saturated rings. The van der Waals surface area contributed by atoms with Crippen LogP contribution in [0.3, 0.4) is 0 Å². The molecule has 27 heavy (non-hydrogen) atoms. The number of nitrogens with zero attached hydrogens (tertiary/aromatic N) is 3. The Morgan fingerprint density at radius 1 is 1.26 bits per heavy atom. The van der Waals surface area contributed by atoms with Crippen LogP contribution in [0.15, 0.2) is 18.5 Å². The predicted molar refractivity (Wildman–Crippen MR) is 99.1 cm³/mol. The zero-order chi connectivity index (χ0) is 18.8. The van der Waals surface area contributed by atoms with Crippen molar-refractivity contribution in [3.05, 3.63) is 24.0 Å². The number of likely N-dealkylation sites (tertiary alicyclic amines) is 2. The van der Waals surface area contributed by atoms with Crippen molar-refractivity contribution < 1.29 is 14.7 Å². The lowest BCUT2D eigenvalue weighted by molar-refractivity contribution is -0.143. The van der Waals surface area contributed by atoms with Crippen LogP contribution < -0.4 is 5.32 Å². The van der Waals surface area contributed by atoms with Crippen LogP contribution >= 0.6 is 0 Å². The van der Waals surface area contributed by atoms with Crippen LogP contribution in [0, 0.1) is 11.3 Å². The largest absolute Gasteiger partial charge is 0.393 e. The van der Waals surface area contributed by atoms with Gasteiger partial charge in [-0.05, 0) is 38.2 Å². The summed E-state index contributed by atoms with van der Waals surface area (Å²) < 4.78 is 0. The molecule has 5 rings (SSSR count). The molecule has 4 aliphatic rings. The van der Waals surface area contributed by atoms with Crippen molar-refractivity contribution in [2.24, 2.45) is 11.3 Å². The van der Waals surface area contributed by atoms with E-state index in [1.54, 1.807) is 12.4 Å². The fourth-order valence-electron chi connectivity index (χ4n) is 5.63. The summed E-state index contributed by atoms with van der Waals surface area (Å²) in [6, 6.07) is 1.84. The zero-order valence-electron chi connectivity index (χ0n) is 15.6. The van der Waals surface area contributed by atoms with Gasteiger partial charge in [-0.2, -0.15) is 0 Å². The summed E-state index contributed by atoms with van der Waals surface area (Å²) in [5.74, 6) is 0.388. The molecular formula is C20H26N4O3. The van der Waals surface area contributed by atoms with E-state index in [1.165, 1.54) is 0 Å². The van der Waals surface area contributed by atoms with Crippen molar-refractivity contribution >= 4 is 17.5 Å². The van der Waals surface area contributed by atoms with Gasteiger partial charge in [0.15, 0.2) is 0 Å². The van der Waals surface area contributed by atoms with Crippen LogP contribution in [0.2, 0.25) is 0 Å². The molecule has 1 aromatic heterocycles. The summed E-state index contributed by atoms with van der Waals surface area (Å²) in [7, 11) is 1.81. The Balaban J connectivity index is 1.33. The number of rotatable bonds is 3. The number of aliphatic hydroxyl groups excluding tert-OH is 1. The first-order chi connectivity index (χ1) is 13.0. The van der Waals surface area contributed by atoms with E-state index < -0.39 is 0 Å². The molecule has 2 aliphatic heterocycles. The van der Waals surface area contributed by atoms with Gasteiger partial charge in [-0.15, -0.1) is 0 Å². The second kappa shape index (κ2) is 5.67. The summed E-state index contributed by atoms with van der Waals surface area (Å²) in [6.07, 6.45) is 7.24. The molecule has 7 heteroatoms. The summed E-state index contributed by atoms with van der Waals surface area (Å²) >= 11 is 0. The highest BCUT2D eigenvalue weighted by molar-refractivity contribution is 5.96. The molecule has 1 aromatic rings. The van der Waals surface area contributed by atoms with Crippen LogP contribution in [0.25, 0.3) is 0 Å². The van der Waals surface area contributed by atoms with Gasteiger partial charge in [0.05, 0.1) is 28.3 Å². The van der Waals surface area contributed by atoms with Crippen LogP contribution in [0.5, 0.6) is 0 Å². The molecular weight excluding hydrogens is 344 g/mol. The van der Waals surface area contributed by atoms with E-state index in [-0.39, 0.29) is 34.8 Å². The van der Waals surface area contributed by atoms with Gasteiger partial charge < -0.3 is 20.2 Å². The Morgan fingerprint density at radius 3 is 2.81 bits per heavy atom. The van der Waals surface area contributed by atoms with Gasteiger partial charge in [0.25, 0.3) is 5.91 Å². The number of hydrogen-bond donors (Lipinski definition) is 2. The number of anilines is 1. The molecule has 2 aliphatic carbocycles. The van der Waals surface area contributed by atoms with E-state index >= 15 is 0 Å². The van der Waals surface area contributed by atoms with Crippen LogP contribution in [-0.2, 0) is 4.79 Å². The van der Waals surface area contributed by atoms with E-state index in [1.807, 2.05) is 22.9 Å². The molecule has 1 spiro atoms. The van der Waals surface area contributed by atoms with Crippen LogP contribution in [0.4, 0.5) is 5.69 Å². The van der Waals surface area contributed by atoms with Crippen molar-refractivity contribution in [3.63, 3.8) is 0 Å². The maximum atomic E-state index is 13.2. The molecule has 0 radical (unpaired) electrons. The minimum Gasteiger partial charge on any atom is -0.393 e. The molecule has 144 valence electrons. The number of fused-ring (bicyclic) bond motifs is 1. The van der Waals surface area contributed by atoms with E-state index in [9.17, 15) is 14.7 Å². The van der Waals surface area contributed by atoms with E-state index in [4.69, 9.17) is 0 Å². The Kier molecular flexibility index (Phi) is 3.57. The number of carbonyl (C=O) groups is 2. The van der Waals surface area contributed by atoms with Gasteiger partial charge in [-0.1, -0.05) is 0 Å². The van der Waals surface area contributed by atoms with Gasteiger partial charge in [-0.3, -0.25) is 14.6 Å². The number of pyridine rings is 1. The Bertz CT molecular complexity index is 814. The minimum atomic E-state index is -0.290. The molecule has 0 aromatic carbocycles. The van der Waals surface area contributed by atoms with Crippen molar-refractivity contribution in [2.45, 2.75) is 43.7 Å². The number of aliphatic hydroxyl groups is 1. The van der Waals surface area contributed by atoms with E-state index in [0.717, 1.165) is 37.9 Å². The first kappa shape index (κ1) is 17.0. The first-order valence-electron chi connectivity index (χ1n) is 9.91. The number of nitrogens with one attached hydrogen (secondary N) is 1. The Labute approximate surface area is 158 Å². The Hall–Kier alpha value is -2.15. The van der Waals surface area contributed by atoms with E-state index in [2.05, 4.69) is 10.3 Å². The molecule has 0 bridgehead atoms. The monoisotopic (exact) mass is 370 g/mol. The van der Waals surface area contributed by atoms with Crippen molar-refractivity contribution in [1.82, 2.24) is 14.8 Å². The SMILES string of the molecule is CNc1cncc(C(=O)N2CCCC23CCN(C(=O)[C@@]24C[C@@H](O)[C@@H]2C4)C3)c1. The fraction of sp³-hybridized carbons (Fsp3) is 0.650. The number of hydrogen-bond acceptors (Lipinski definition) is 5. The van der Waals surface area contributed by atoms with Gasteiger partial charge in [0.2, 0.25) is 5.91 Å². The average molecular weight is 370 g/mol. The lowest BCUT2D eigenvalue weighted by Crippen LogP contribution is -2.51. The normalized spacial score (nSPS) is 36.5. The smallest absolute Gasteiger partial charge is 0.256 e. The summed E-state index contributed by atoms with van der Waals surface area (Å²) in [6.45, 7) is 2.07. The predicted octanol–water partition coefficient (Wildman–Crippen LogP) is 1.10. The lowest BCUT2D eigenvalue weighted by Gasteiger charge is -2.37. The molecule has 3 heterocycles. The lowest BCUT2D eigenvalue weighted by atomic mass is 9.81. The molecule has 4 atom stereocenters. The quantitative estimate of drug-likeness (QED) is 0.832. The van der Waals surface area contributed by atoms with Crippen molar-refractivity contribution in [2.75, 3.05) is 32.0 Å². The maximum Gasteiger partial charge on any atom is 0.256 e. The molecule has 2 saturated heterocycles. The summed E-state index contributed by atoms with van der Waals surface area (Å²) in [4.78, 5) is 34.3. The van der Waals surface area contributed by atoms with Gasteiger partial charge in [0, 0.05) is 45.0 Å². The average Bonchev–Trinajstić information content (AvgIpc) is 3.01. The molecule has 1 unspecified atom stereocenters. The van der Waals surface area contributed by atoms with E-state index in [0.29, 0.717) is 25.1 Å². The maximum absolute atomic E-state index is 13.2. The fourth-order valence-corrected chi connectivity index (χ4v) is 5.63. The first-order valence-corrected chi connectivity index (χ1v) is 9.91. The van der Waals surface area contributed by atoms with Gasteiger partial charge in [0.1, 0.15) is 0 Å². The topological polar surface area (TPSA) is 85.8 Å². The number of carbonyl (C=O) groups excluding carboxylic acids is 2. The highest BCUT2D eigenvalue weighted by atomic mass is 16.3. The standard InChI is InChI=1S/C20H26N4O3/c1-21-14-7-13(10-22-11-14)17(26)24-5-2-3-19(24)4-6-23(12-19)18(27)20-8-15(20)16(25)9-20/h7,10-11,15-16,21,25H,2-6,8-9,12H2,1H3/t15-,16+,19?,20-/m0/s1. The molecule has 7 nitrogen and oxygen atoms in total. The molecule has 2 saturated carbocycles. The Morgan fingerprint density at radius 2 is 2.11 bits per heavy atom. The molecule has 2 N–H and O–H groups in total. The summed E-state index contributed by atoms with van der Waals surface area (Å²) in [5, 5.41) is 12.8. The highest BCUT2D eigenvalue weighted by Gasteiger charge is 2.72.